The van der Waals surface area contributed by atoms with Gasteiger partial charge in [-0.05, 0) is 36.6 Å². The fraction of sp³-hybridized carbons (Fsp3) is 0.444. The second-order valence-corrected chi connectivity index (χ2v) is 8.98. The van der Waals surface area contributed by atoms with Crippen LogP contribution < -0.4 is 10.0 Å². The summed E-state index contributed by atoms with van der Waals surface area (Å²) in [5.41, 5.74) is 0.492. The lowest BCUT2D eigenvalue weighted by Gasteiger charge is -2.35. The number of nitrogens with zero attached hydrogens (tertiary/aromatic N) is 2. The average Bonchev–Trinajstić information content (AvgIpc) is 2.73. The summed E-state index contributed by atoms with van der Waals surface area (Å²) in [6.45, 7) is 1.53. The van der Waals surface area contributed by atoms with E-state index in [0.717, 1.165) is 5.56 Å². The summed E-state index contributed by atoms with van der Waals surface area (Å²) < 4.78 is 33.1. The zero-order valence-electron chi connectivity index (χ0n) is 15.3. The van der Waals surface area contributed by atoms with Gasteiger partial charge in [-0.15, -0.1) is 0 Å². The van der Waals surface area contributed by atoms with Gasteiger partial charge in [0.1, 0.15) is 10.7 Å². The average molecular weight is 427 g/mol. The van der Waals surface area contributed by atoms with Crippen LogP contribution in [0.5, 0.6) is 0 Å². The van der Waals surface area contributed by atoms with Gasteiger partial charge in [-0.25, -0.2) is 18.1 Å². The molecule has 1 saturated heterocycles. The Balaban J connectivity index is 1.66. The van der Waals surface area contributed by atoms with Crippen molar-refractivity contribution in [3.8, 4) is 0 Å². The number of nitrogens with one attached hydrogen (secondary N) is 2. The Labute approximate surface area is 169 Å². The molecular formula is C18H23ClN4O4S. The first-order chi connectivity index (χ1) is 13.4. The molecule has 0 saturated carbocycles. The van der Waals surface area contributed by atoms with Gasteiger partial charge in [0.05, 0.1) is 11.6 Å². The maximum absolute atomic E-state index is 12.6. The number of pyridine rings is 2. The molecule has 0 aliphatic carbocycles. The molecule has 0 bridgehead atoms. The Bertz CT molecular complexity index is 890. The van der Waals surface area contributed by atoms with Crippen molar-refractivity contribution in [2.75, 3.05) is 31.7 Å². The molecule has 0 unspecified atom stereocenters. The Morgan fingerprint density at radius 3 is 2.61 bits per heavy atom. The van der Waals surface area contributed by atoms with Crippen molar-refractivity contribution in [1.29, 1.82) is 0 Å². The molecule has 2 aromatic heterocycles. The third kappa shape index (κ3) is 5.18. The summed E-state index contributed by atoms with van der Waals surface area (Å²) in [5.74, 6) is 0.397. The standard InChI is InChI=1S/C18H23ClN4O4S/c19-16-9-15(11-22-17(16)21-10-14-1-5-20-6-2-14)28(25,26)23-12-18(13-24)3-7-27-8-4-18/h1-2,5-6,9,11,23-24H,3-4,7-8,10,12-13H2,(H,21,22). The number of sulfonamides is 1. The minimum atomic E-state index is -3.80. The minimum absolute atomic E-state index is 0.0212. The van der Waals surface area contributed by atoms with E-state index >= 15 is 0 Å². The molecule has 0 aromatic carbocycles. The quantitative estimate of drug-likeness (QED) is 0.589. The summed E-state index contributed by atoms with van der Waals surface area (Å²) in [4.78, 5) is 8.08. The molecule has 0 spiro atoms. The Kier molecular flexibility index (Phi) is 6.84. The Hall–Kier alpha value is -1.78. The highest BCUT2D eigenvalue weighted by Crippen LogP contribution is 2.30. The van der Waals surface area contributed by atoms with Crippen molar-refractivity contribution in [2.45, 2.75) is 24.3 Å². The van der Waals surface area contributed by atoms with E-state index in [1.807, 2.05) is 12.1 Å². The van der Waals surface area contributed by atoms with E-state index in [4.69, 9.17) is 16.3 Å². The molecule has 3 heterocycles. The number of aromatic nitrogens is 2. The number of hydrogen-bond acceptors (Lipinski definition) is 7. The molecule has 1 fully saturated rings. The van der Waals surface area contributed by atoms with E-state index in [0.29, 0.717) is 38.4 Å². The topological polar surface area (TPSA) is 113 Å². The highest BCUT2D eigenvalue weighted by atomic mass is 35.5. The zero-order valence-corrected chi connectivity index (χ0v) is 16.8. The predicted octanol–water partition coefficient (Wildman–Crippen LogP) is 1.81. The highest BCUT2D eigenvalue weighted by Gasteiger charge is 2.33. The largest absolute Gasteiger partial charge is 0.396 e. The molecular weight excluding hydrogens is 404 g/mol. The van der Waals surface area contributed by atoms with Crippen LogP contribution in [0, 0.1) is 5.41 Å². The van der Waals surface area contributed by atoms with E-state index in [2.05, 4.69) is 20.0 Å². The van der Waals surface area contributed by atoms with Gasteiger partial charge in [-0.3, -0.25) is 4.98 Å². The van der Waals surface area contributed by atoms with E-state index in [9.17, 15) is 13.5 Å². The first-order valence-electron chi connectivity index (χ1n) is 8.91. The van der Waals surface area contributed by atoms with Crippen LogP contribution in [-0.2, 0) is 21.3 Å². The van der Waals surface area contributed by atoms with E-state index < -0.39 is 15.4 Å². The fourth-order valence-corrected chi connectivity index (χ4v) is 4.34. The third-order valence-corrected chi connectivity index (χ3v) is 6.52. The third-order valence-electron chi connectivity index (χ3n) is 4.86. The minimum Gasteiger partial charge on any atom is -0.396 e. The number of aliphatic hydroxyl groups excluding tert-OH is 1. The number of halogens is 1. The zero-order chi connectivity index (χ0) is 20.0. The van der Waals surface area contributed by atoms with Crippen molar-refractivity contribution < 1.29 is 18.3 Å². The number of anilines is 1. The van der Waals surface area contributed by atoms with Gasteiger partial charge in [-0.1, -0.05) is 11.6 Å². The smallest absolute Gasteiger partial charge is 0.242 e. The molecule has 3 rings (SSSR count). The molecule has 1 aliphatic rings. The molecule has 152 valence electrons. The van der Waals surface area contributed by atoms with Crippen LogP contribution >= 0.6 is 11.6 Å². The van der Waals surface area contributed by atoms with Crippen LogP contribution in [0.1, 0.15) is 18.4 Å². The van der Waals surface area contributed by atoms with Gasteiger partial charge in [-0.2, -0.15) is 0 Å². The first-order valence-corrected chi connectivity index (χ1v) is 10.8. The number of aliphatic hydroxyl groups is 1. The highest BCUT2D eigenvalue weighted by molar-refractivity contribution is 7.89. The molecule has 10 heteroatoms. The summed E-state index contributed by atoms with van der Waals surface area (Å²) >= 11 is 6.22. The molecule has 0 atom stereocenters. The fourth-order valence-electron chi connectivity index (χ4n) is 2.91. The van der Waals surface area contributed by atoms with Gasteiger partial charge in [0.15, 0.2) is 0 Å². The lowest BCUT2D eigenvalue weighted by Crippen LogP contribution is -2.43. The van der Waals surface area contributed by atoms with Crippen molar-refractivity contribution in [2.24, 2.45) is 5.41 Å². The lowest BCUT2D eigenvalue weighted by atomic mass is 9.81. The van der Waals surface area contributed by atoms with Gasteiger partial charge in [0, 0.05) is 50.3 Å². The SMILES string of the molecule is O=S(=O)(NCC1(CO)CCOCC1)c1cnc(NCc2ccncc2)c(Cl)c1. The predicted molar refractivity (Wildman–Crippen MR) is 106 cm³/mol. The maximum atomic E-state index is 12.6. The van der Waals surface area contributed by atoms with Crippen molar-refractivity contribution in [1.82, 2.24) is 14.7 Å². The molecule has 1 aliphatic heterocycles. The second kappa shape index (κ2) is 9.15. The van der Waals surface area contributed by atoms with Crippen LogP contribution in [0.4, 0.5) is 5.82 Å². The van der Waals surface area contributed by atoms with Gasteiger partial charge >= 0.3 is 0 Å². The van der Waals surface area contributed by atoms with E-state index in [1.54, 1.807) is 12.4 Å². The van der Waals surface area contributed by atoms with Crippen molar-refractivity contribution >= 4 is 27.4 Å². The normalized spacial score (nSPS) is 16.6. The van der Waals surface area contributed by atoms with Crippen LogP contribution in [-0.4, -0.2) is 49.9 Å². The van der Waals surface area contributed by atoms with Crippen LogP contribution in [0.15, 0.2) is 41.7 Å². The van der Waals surface area contributed by atoms with Gasteiger partial charge < -0.3 is 15.2 Å². The molecule has 8 nitrogen and oxygen atoms in total. The Morgan fingerprint density at radius 2 is 1.96 bits per heavy atom. The van der Waals surface area contributed by atoms with Crippen LogP contribution in [0.2, 0.25) is 5.02 Å². The van der Waals surface area contributed by atoms with Crippen LogP contribution in [0.3, 0.4) is 0 Å². The van der Waals surface area contributed by atoms with E-state index in [-0.39, 0.29) is 23.1 Å². The molecule has 0 amide bonds. The summed E-state index contributed by atoms with van der Waals surface area (Å²) in [5, 5.41) is 13.0. The molecule has 28 heavy (non-hydrogen) atoms. The molecule has 0 radical (unpaired) electrons. The molecule has 2 aromatic rings. The molecule has 3 N–H and O–H groups in total. The number of hydrogen-bond donors (Lipinski definition) is 3. The van der Waals surface area contributed by atoms with Crippen molar-refractivity contribution in [3.63, 3.8) is 0 Å². The Morgan fingerprint density at radius 1 is 1.25 bits per heavy atom. The van der Waals surface area contributed by atoms with Gasteiger partial charge in [0.25, 0.3) is 0 Å². The lowest BCUT2D eigenvalue weighted by molar-refractivity contribution is -0.0126. The maximum Gasteiger partial charge on any atom is 0.242 e. The monoisotopic (exact) mass is 426 g/mol. The second-order valence-electron chi connectivity index (χ2n) is 6.81. The summed E-state index contributed by atoms with van der Waals surface area (Å²) in [6, 6.07) is 5.08. The number of rotatable bonds is 8. The summed E-state index contributed by atoms with van der Waals surface area (Å²) in [7, 11) is -3.80. The van der Waals surface area contributed by atoms with E-state index in [1.165, 1.54) is 12.3 Å². The van der Waals surface area contributed by atoms with Gasteiger partial charge in [0.2, 0.25) is 10.0 Å². The van der Waals surface area contributed by atoms with Crippen molar-refractivity contribution in [3.05, 3.63) is 47.4 Å². The summed E-state index contributed by atoms with van der Waals surface area (Å²) in [6.07, 6.45) is 5.83. The van der Waals surface area contributed by atoms with Crippen LogP contribution in [0.25, 0.3) is 0 Å². The number of ether oxygens (including phenoxy) is 1. The first kappa shape index (κ1) is 20.9.